The third kappa shape index (κ3) is 3.46. The maximum absolute atomic E-state index is 12.8. The van der Waals surface area contributed by atoms with Crippen LogP contribution in [-0.2, 0) is 26.8 Å². The van der Waals surface area contributed by atoms with E-state index in [1.54, 1.807) is 16.6 Å². The second kappa shape index (κ2) is 6.79. The molecule has 2 saturated heterocycles. The molecule has 1 aromatic rings. The van der Waals surface area contributed by atoms with Crippen LogP contribution in [0.15, 0.2) is 6.07 Å². The van der Waals surface area contributed by atoms with Gasteiger partial charge < -0.3 is 4.74 Å². The van der Waals surface area contributed by atoms with Crippen molar-refractivity contribution in [2.45, 2.75) is 25.8 Å². The Bertz CT molecular complexity index is 711. The van der Waals surface area contributed by atoms with Gasteiger partial charge in [0.2, 0.25) is 5.91 Å². The van der Waals surface area contributed by atoms with Crippen LogP contribution in [-0.4, -0.2) is 67.3 Å². The highest BCUT2D eigenvalue weighted by atomic mass is 32.2. The number of nitrogens with zero attached hydrogens (tertiary/aromatic N) is 4. The Morgan fingerprint density at radius 2 is 2.00 bits per heavy atom. The molecule has 1 aromatic heterocycles. The zero-order valence-electron chi connectivity index (χ0n) is 13.9. The minimum absolute atomic E-state index is 0.235. The van der Waals surface area contributed by atoms with Gasteiger partial charge in [-0.3, -0.25) is 14.4 Å². The van der Waals surface area contributed by atoms with Crippen molar-refractivity contribution >= 4 is 21.9 Å². The third-order valence-electron chi connectivity index (χ3n) is 4.29. The van der Waals surface area contributed by atoms with Gasteiger partial charge in [0.15, 0.2) is 0 Å². The highest BCUT2D eigenvalue weighted by Crippen LogP contribution is 2.22. The summed E-state index contributed by atoms with van der Waals surface area (Å²) in [7, 11) is -1.92. The van der Waals surface area contributed by atoms with Crippen LogP contribution in [0.25, 0.3) is 0 Å². The summed E-state index contributed by atoms with van der Waals surface area (Å²) in [6.07, 6.45) is 1.22. The molecule has 0 unspecified atom stereocenters. The number of hydrogen-bond acceptors (Lipinski definition) is 5. The number of piperidine rings is 1. The molecule has 1 N–H and O–H groups in total. The number of morpholine rings is 1. The van der Waals surface area contributed by atoms with Gasteiger partial charge in [-0.25, -0.2) is 0 Å². The molecule has 2 aliphatic rings. The van der Waals surface area contributed by atoms with E-state index in [2.05, 4.69) is 9.82 Å². The van der Waals surface area contributed by atoms with Gasteiger partial charge in [-0.05, 0) is 19.8 Å². The number of amides is 1. The number of ether oxygens (including phenoxy) is 1. The van der Waals surface area contributed by atoms with Crippen molar-refractivity contribution in [3.63, 3.8) is 0 Å². The Labute approximate surface area is 141 Å². The summed E-state index contributed by atoms with van der Waals surface area (Å²) in [6, 6.07) is 1.08. The lowest BCUT2D eigenvalue weighted by atomic mass is 10.1. The molecule has 3 heterocycles. The lowest BCUT2D eigenvalue weighted by Crippen LogP contribution is -2.56. The fraction of sp³-hybridized carbons (Fsp3) is 0.714. The molecule has 0 bridgehead atoms. The predicted octanol–water partition coefficient (Wildman–Crippen LogP) is -0.609. The van der Waals surface area contributed by atoms with E-state index in [-0.39, 0.29) is 5.91 Å². The zero-order chi connectivity index (χ0) is 17.3. The summed E-state index contributed by atoms with van der Waals surface area (Å²) in [5, 5.41) is 4.26. The summed E-state index contributed by atoms with van der Waals surface area (Å²) in [4.78, 5) is 14.4. The molecule has 3 rings (SSSR count). The first-order valence-electron chi connectivity index (χ1n) is 8.05. The van der Waals surface area contributed by atoms with Crippen molar-refractivity contribution in [2.24, 2.45) is 7.05 Å². The van der Waals surface area contributed by atoms with Crippen LogP contribution >= 0.6 is 0 Å². The molecule has 9 nitrogen and oxygen atoms in total. The number of carbonyl (C=O) groups is 1. The number of aryl methyl sites for hydroxylation is 2. The van der Waals surface area contributed by atoms with E-state index in [0.717, 1.165) is 12.1 Å². The van der Waals surface area contributed by atoms with E-state index < -0.39 is 16.3 Å². The fourth-order valence-electron chi connectivity index (χ4n) is 3.10. The predicted molar refractivity (Wildman–Crippen MR) is 87.8 cm³/mol. The smallest absolute Gasteiger partial charge is 0.280 e. The number of nitrogens with one attached hydrogen (secondary N) is 1. The molecule has 10 heteroatoms. The van der Waals surface area contributed by atoms with E-state index in [9.17, 15) is 13.2 Å². The molecular formula is C14H23N5O4S. The molecule has 2 fully saturated rings. The molecule has 0 radical (unpaired) electrons. The van der Waals surface area contributed by atoms with Gasteiger partial charge >= 0.3 is 0 Å². The molecule has 0 saturated carbocycles. The molecule has 134 valence electrons. The maximum Gasteiger partial charge on any atom is 0.280 e. The van der Waals surface area contributed by atoms with E-state index in [1.807, 2.05) is 13.0 Å². The first kappa shape index (κ1) is 17.3. The highest BCUT2D eigenvalue weighted by molar-refractivity contribution is 7.87. The third-order valence-corrected chi connectivity index (χ3v) is 5.92. The van der Waals surface area contributed by atoms with Crippen molar-refractivity contribution in [3.05, 3.63) is 11.8 Å². The van der Waals surface area contributed by atoms with E-state index in [4.69, 9.17) is 4.74 Å². The summed E-state index contributed by atoms with van der Waals surface area (Å²) < 4.78 is 35.7. The maximum atomic E-state index is 12.8. The van der Waals surface area contributed by atoms with Crippen molar-refractivity contribution in [1.29, 1.82) is 0 Å². The second-order valence-corrected chi connectivity index (χ2v) is 7.79. The monoisotopic (exact) mass is 357 g/mol. The van der Waals surface area contributed by atoms with Crippen LogP contribution in [0.1, 0.15) is 18.5 Å². The topological polar surface area (TPSA) is 96.8 Å². The van der Waals surface area contributed by atoms with Crippen LogP contribution < -0.4 is 9.62 Å². The molecule has 1 atom stereocenters. The van der Waals surface area contributed by atoms with Gasteiger partial charge in [-0.15, -0.1) is 0 Å². The van der Waals surface area contributed by atoms with Crippen molar-refractivity contribution < 1.29 is 17.9 Å². The number of aromatic nitrogens is 2. The molecule has 0 aliphatic carbocycles. The van der Waals surface area contributed by atoms with E-state index in [0.29, 0.717) is 45.1 Å². The van der Waals surface area contributed by atoms with Gasteiger partial charge in [0.05, 0.1) is 18.9 Å². The average Bonchev–Trinajstić information content (AvgIpc) is 2.88. The Kier molecular flexibility index (Phi) is 4.90. The van der Waals surface area contributed by atoms with Gasteiger partial charge in [0.1, 0.15) is 11.9 Å². The SMILES string of the molecule is Cc1cc(N2CCC[C@H](NS(=O)(=O)N3CCOCC3)C2=O)n(C)n1. The van der Waals surface area contributed by atoms with E-state index in [1.165, 1.54) is 4.31 Å². The first-order valence-corrected chi connectivity index (χ1v) is 9.49. The number of hydrogen-bond donors (Lipinski definition) is 1. The van der Waals surface area contributed by atoms with Crippen molar-refractivity contribution in [2.75, 3.05) is 37.7 Å². The minimum atomic E-state index is -3.69. The average molecular weight is 357 g/mol. The number of carbonyl (C=O) groups excluding carboxylic acids is 1. The van der Waals surface area contributed by atoms with Crippen molar-refractivity contribution in [1.82, 2.24) is 18.8 Å². The number of anilines is 1. The fourth-order valence-corrected chi connectivity index (χ4v) is 4.46. The van der Waals surface area contributed by atoms with Crippen LogP contribution in [0, 0.1) is 6.92 Å². The Hall–Kier alpha value is -1.49. The van der Waals surface area contributed by atoms with Crippen LogP contribution in [0.2, 0.25) is 0 Å². The van der Waals surface area contributed by atoms with Crippen LogP contribution in [0.3, 0.4) is 0 Å². The normalized spacial score (nSPS) is 23.7. The molecule has 2 aliphatic heterocycles. The first-order chi connectivity index (χ1) is 11.4. The molecule has 0 aromatic carbocycles. The Morgan fingerprint density at radius 1 is 1.29 bits per heavy atom. The van der Waals surface area contributed by atoms with Crippen LogP contribution in [0.4, 0.5) is 5.82 Å². The minimum Gasteiger partial charge on any atom is -0.379 e. The Morgan fingerprint density at radius 3 is 2.62 bits per heavy atom. The zero-order valence-corrected chi connectivity index (χ0v) is 14.8. The standard InChI is InChI=1S/C14H23N5O4S/c1-11-10-13(17(2)15-11)19-5-3-4-12(14(19)20)16-24(21,22)18-6-8-23-9-7-18/h10,12,16H,3-9H2,1-2H3/t12-/m0/s1. The summed E-state index contributed by atoms with van der Waals surface area (Å²) in [5.74, 6) is 0.453. The lowest BCUT2D eigenvalue weighted by Gasteiger charge is -2.34. The van der Waals surface area contributed by atoms with Crippen LogP contribution in [0.5, 0.6) is 0 Å². The summed E-state index contributed by atoms with van der Waals surface area (Å²) in [6.45, 7) is 3.78. The molecule has 0 spiro atoms. The Balaban J connectivity index is 1.74. The summed E-state index contributed by atoms with van der Waals surface area (Å²) >= 11 is 0. The molecule has 24 heavy (non-hydrogen) atoms. The summed E-state index contributed by atoms with van der Waals surface area (Å²) in [5.41, 5.74) is 0.816. The van der Waals surface area contributed by atoms with Gasteiger partial charge in [0.25, 0.3) is 10.2 Å². The largest absolute Gasteiger partial charge is 0.379 e. The molecular weight excluding hydrogens is 334 g/mol. The second-order valence-electron chi connectivity index (χ2n) is 6.09. The van der Waals surface area contributed by atoms with Gasteiger partial charge in [-0.2, -0.15) is 22.5 Å². The molecule has 1 amide bonds. The number of rotatable bonds is 4. The lowest BCUT2D eigenvalue weighted by molar-refractivity contribution is -0.121. The quantitative estimate of drug-likeness (QED) is 0.775. The van der Waals surface area contributed by atoms with E-state index >= 15 is 0 Å². The van der Waals surface area contributed by atoms with Crippen molar-refractivity contribution in [3.8, 4) is 0 Å². The van der Waals surface area contributed by atoms with Gasteiger partial charge in [0, 0.05) is 32.7 Å². The highest BCUT2D eigenvalue weighted by Gasteiger charge is 2.36. The van der Waals surface area contributed by atoms with Gasteiger partial charge in [-0.1, -0.05) is 0 Å².